The molecule has 1 aromatic rings. The van der Waals surface area contributed by atoms with Gasteiger partial charge in [0, 0.05) is 23.9 Å². The van der Waals surface area contributed by atoms with Crippen molar-refractivity contribution >= 4 is 0 Å². The first-order valence-electron chi connectivity index (χ1n) is 6.10. The normalized spacial score (nSPS) is 19.5. The minimum absolute atomic E-state index is 0.515. The maximum Gasteiger partial charge on any atom is 0.122 e. The van der Waals surface area contributed by atoms with Gasteiger partial charge in [0.05, 0.1) is 26.0 Å². The number of ether oxygens (including phenoxy) is 2. The molecule has 1 aromatic heterocycles. The Balaban J connectivity index is 1.83. The van der Waals surface area contributed by atoms with Crippen molar-refractivity contribution in [3.8, 4) is 5.75 Å². The highest BCUT2D eigenvalue weighted by Crippen LogP contribution is 2.14. The summed E-state index contributed by atoms with van der Waals surface area (Å²) in [6, 6.07) is 4.36. The van der Waals surface area contributed by atoms with Gasteiger partial charge < -0.3 is 14.8 Å². The van der Waals surface area contributed by atoms with E-state index in [9.17, 15) is 0 Å². The number of nitrogens with zero attached hydrogens (tertiary/aromatic N) is 1. The Morgan fingerprint density at radius 1 is 1.47 bits per heavy atom. The molecule has 4 heteroatoms. The van der Waals surface area contributed by atoms with Gasteiger partial charge in [-0.3, -0.25) is 4.98 Å². The molecule has 1 aliphatic rings. The Bertz CT molecular complexity index is 362. The van der Waals surface area contributed by atoms with E-state index in [0.29, 0.717) is 12.6 Å². The lowest BCUT2D eigenvalue weighted by molar-refractivity contribution is 0.101. The van der Waals surface area contributed by atoms with Gasteiger partial charge in [-0.05, 0) is 26.3 Å². The van der Waals surface area contributed by atoms with Gasteiger partial charge in [-0.1, -0.05) is 0 Å². The first kappa shape index (κ1) is 12.3. The van der Waals surface area contributed by atoms with E-state index in [-0.39, 0.29) is 0 Å². The molecule has 0 bridgehead atoms. The first-order chi connectivity index (χ1) is 8.28. The van der Waals surface area contributed by atoms with E-state index in [2.05, 4.69) is 10.3 Å². The van der Waals surface area contributed by atoms with Crippen molar-refractivity contribution < 1.29 is 9.47 Å². The Labute approximate surface area is 102 Å². The van der Waals surface area contributed by atoms with Crippen LogP contribution in [0, 0.1) is 6.92 Å². The standard InChI is InChI=1S/C13H20N2O2/c1-10-6-13(16-2)7-12(15-10)9-17-8-11-4-3-5-14-11/h6-7,11,14H,3-5,8-9H2,1-2H3. The van der Waals surface area contributed by atoms with E-state index in [0.717, 1.165) is 30.3 Å². The molecule has 0 aromatic carbocycles. The van der Waals surface area contributed by atoms with Gasteiger partial charge in [-0.2, -0.15) is 0 Å². The summed E-state index contributed by atoms with van der Waals surface area (Å²) in [6.45, 7) is 4.39. The topological polar surface area (TPSA) is 43.4 Å². The minimum Gasteiger partial charge on any atom is -0.497 e. The third-order valence-electron chi connectivity index (χ3n) is 2.95. The molecule has 2 heterocycles. The Kier molecular flexibility index (Phi) is 4.34. The molecule has 1 aliphatic heterocycles. The second kappa shape index (κ2) is 5.98. The largest absolute Gasteiger partial charge is 0.497 e. The van der Waals surface area contributed by atoms with Gasteiger partial charge in [-0.15, -0.1) is 0 Å². The number of pyridine rings is 1. The third-order valence-corrected chi connectivity index (χ3v) is 2.95. The van der Waals surface area contributed by atoms with Gasteiger partial charge in [0.25, 0.3) is 0 Å². The lowest BCUT2D eigenvalue weighted by atomic mass is 10.2. The Hall–Kier alpha value is -1.13. The molecule has 1 unspecified atom stereocenters. The quantitative estimate of drug-likeness (QED) is 0.844. The van der Waals surface area contributed by atoms with Crippen molar-refractivity contribution in [2.75, 3.05) is 20.3 Å². The molecular weight excluding hydrogens is 216 g/mol. The van der Waals surface area contributed by atoms with E-state index < -0.39 is 0 Å². The van der Waals surface area contributed by atoms with E-state index in [1.807, 2.05) is 19.1 Å². The summed E-state index contributed by atoms with van der Waals surface area (Å²) in [7, 11) is 1.67. The zero-order chi connectivity index (χ0) is 12.1. The van der Waals surface area contributed by atoms with Crippen molar-refractivity contribution in [2.45, 2.75) is 32.4 Å². The lowest BCUT2D eigenvalue weighted by Crippen LogP contribution is -2.26. The summed E-state index contributed by atoms with van der Waals surface area (Å²) in [5.41, 5.74) is 1.89. The molecule has 4 nitrogen and oxygen atoms in total. The van der Waals surface area contributed by atoms with Crippen LogP contribution in [0.2, 0.25) is 0 Å². The predicted molar refractivity (Wildman–Crippen MR) is 66.2 cm³/mol. The number of hydrogen-bond acceptors (Lipinski definition) is 4. The van der Waals surface area contributed by atoms with Crippen molar-refractivity contribution in [1.82, 2.24) is 10.3 Å². The summed E-state index contributed by atoms with van der Waals surface area (Å²) >= 11 is 0. The van der Waals surface area contributed by atoms with Crippen LogP contribution in [0.1, 0.15) is 24.2 Å². The first-order valence-corrected chi connectivity index (χ1v) is 6.10. The molecule has 0 saturated carbocycles. The molecule has 17 heavy (non-hydrogen) atoms. The molecule has 1 atom stereocenters. The number of aryl methyl sites for hydroxylation is 1. The van der Waals surface area contributed by atoms with Crippen LogP contribution in [0.4, 0.5) is 0 Å². The summed E-state index contributed by atoms with van der Waals surface area (Å²) in [5.74, 6) is 0.843. The highest BCUT2D eigenvalue weighted by molar-refractivity contribution is 5.26. The fourth-order valence-electron chi connectivity index (χ4n) is 2.10. The lowest BCUT2D eigenvalue weighted by Gasteiger charge is -2.11. The molecule has 1 N–H and O–H groups in total. The maximum absolute atomic E-state index is 5.68. The highest BCUT2D eigenvalue weighted by Gasteiger charge is 2.13. The summed E-state index contributed by atoms with van der Waals surface area (Å²) in [6.07, 6.45) is 2.47. The van der Waals surface area contributed by atoms with Crippen LogP contribution in [0.25, 0.3) is 0 Å². The molecule has 2 rings (SSSR count). The zero-order valence-electron chi connectivity index (χ0n) is 10.5. The third kappa shape index (κ3) is 3.68. The molecule has 94 valence electrons. The highest BCUT2D eigenvalue weighted by atomic mass is 16.5. The van der Waals surface area contributed by atoms with E-state index in [1.165, 1.54) is 12.8 Å². The fraction of sp³-hybridized carbons (Fsp3) is 0.615. The predicted octanol–water partition coefficient (Wildman–Crippen LogP) is 1.67. The van der Waals surface area contributed by atoms with Crippen LogP contribution >= 0.6 is 0 Å². The smallest absolute Gasteiger partial charge is 0.122 e. The second-order valence-corrected chi connectivity index (χ2v) is 4.45. The SMILES string of the molecule is COc1cc(C)nc(COCC2CCCN2)c1. The van der Waals surface area contributed by atoms with Crippen LogP contribution < -0.4 is 10.1 Å². The van der Waals surface area contributed by atoms with E-state index in [4.69, 9.17) is 9.47 Å². The molecule has 1 saturated heterocycles. The van der Waals surface area contributed by atoms with Gasteiger partial charge in [0.2, 0.25) is 0 Å². The van der Waals surface area contributed by atoms with Gasteiger partial charge in [0.15, 0.2) is 0 Å². The Morgan fingerprint density at radius 3 is 3.06 bits per heavy atom. The second-order valence-electron chi connectivity index (χ2n) is 4.45. The fourth-order valence-corrected chi connectivity index (χ4v) is 2.10. The van der Waals surface area contributed by atoms with Gasteiger partial charge in [0.1, 0.15) is 5.75 Å². The summed E-state index contributed by atoms with van der Waals surface area (Å²) in [4.78, 5) is 4.42. The number of hydrogen-bond donors (Lipinski definition) is 1. The number of methoxy groups -OCH3 is 1. The van der Waals surface area contributed by atoms with E-state index in [1.54, 1.807) is 7.11 Å². The number of rotatable bonds is 5. The van der Waals surface area contributed by atoms with Crippen molar-refractivity contribution in [2.24, 2.45) is 0 Å². The van der Waals surface area contributed by atoms with E-state index >= 15 is 0 Å². The minimum atomic E-state index is 0.515. The van der Waals surface area contributed by atoms with Crippen LogP contribution in [0.5, 0.6) is 5.75 Å². The van der Waals surface area contributed by atoms with Crippen molar-refractivity contribution in [3.05, 3.63) is 23.5 Å². The van der Waals surface area contributed by atoms with Gasteiger partial charge in [-0.25, -0.2) is 0 Å². The maximum atomic E-state index is 5.68. The molecule has 0 amide bonds. The number of nitrogens with one attached hydrogen (secondary N) is 1. The zero-order valence-corrected chi connectivity index (χ0v) is 10.5. The van der Waals surface area contributed by atoms with Crippen LogP contribution in [-0.4, -0.2) is 31.3 Å². The molecule has 1 fully saturated rings. The van der Waals surface area contributed by atoms with Crippen molar-refractivity contribution in [1.29, 1.82) is 0 Å². The average molecular weight is 236 g/mol. The molecule has 0 aliphatic carbocycles. The van der Waals surface area contributed by atoms with Crippen LogP contribution in [-0.2, 0) is 11.3 Å². The Morgan fingerprint density at radius 2 is 2.35 bits per heavy atom. The molecule has 0 spiro atoms. The van der Waals surface area contributed by atoms with Crippen LogP contribution in [0.3, 0.4) is 0 Å². The summed E-state index contributed by atoms with van der Waals surface area (Å²) in [5, 5.41) is 3.41. The van der Waals surface area contributed by atoms with Crippen LogP contribution in [0.15, 0.2) is 12.1 Å². The van der Waals surface area contributed by atoms with Crippen molar-refractivity contribution in [3.63, 3.8) is 0 Å². The van der Waals surface area contributed by atoms with Gasteiger partial charge >= 0.3 is 0 Å². The molecular formula is C13H20N2O2. The number of aromatic nitrogens is 1. The average Bonchev–Trinajstić information content (AvgIpc) is 2.81. The molecule has 0 radical (unpaired) electrons. The monoisotopic (exact) mass is 236 g/mol. The summed E-state index contributed by atoms with van der Waals surface area (Å²) < 4.78 is 10.9.